The molecule has 212 valence electrons. The first-order valence-electron chi connectivity index (χ1n) is 13.0. The van der Waals surface area contributed by atoms with Crippen molar-refractivity contribution in [2.75, 3.05) is 12.0 Å². The number of hydrogen-bond donors (Lipinski definition) is 0. The van der Waals surface area contributed by atoms with Crippen LogP contribution in [0.25, 0.3) is 6.08 Å². The Hall–Kier alpha value is -4.60. The van der Waals surface area contributed by atoms with Crippen LogP contribution < -0.4 is 13.8 Å². The number of amidine groups is 1. The number of benzene rings is 4. The first kappa shape index (κ1) is 28.9. The minimum atomic E-state index is -4.13. The second-order valence-corrected chi connectivity index (χ2v) is 11.9. The molecule has 0 saturated carbocycles. The molecule has 7 nitrogen and oxygen atoms in total. The van der Waals surface area contributed by atoms with Gasteiger partial charge in [0.25, 0.3) is 5.91 Å². The van der Waals surface area contributed by atoms with Crippen LogP contribution in [0.3, 0.4) is 0 Å². The molecule has 1 aliphatic rings. The molecule has 0 bridgehead atoms. The number of carbonyl (C=O) groups is 1. The molecule has 42 heavy (non-hydrogen) atoms. The lowest BCUT2D eigenvalue weighted by atomic mass is 10.1. The smallest absolute Gasteiger partial charge is 0.339 e. The third-order valence-electron chi connectivity index (χ3n) is 6.34. The van der Waals surface area contributed by atoms with Crippen LogP contribution in [0.5, 0.6) is 11.5 Å². The van der Waals surface area contributed by atoms with Gasteiger partial charge < -0.3 is 8.92 Å². The van der Waals surface area contributed by atoms with Crippen molar-refractivity contribution in [3.63, 3.8) is 0 Å². The summed E-state index contributed by atoms with van der Waals surface area (Å²) in [4.78, 5) is 20.5. The maximum absolute atomic E-state index is 13.7. The highest BCUT2D eigenvalue weighted by molar-refractivity contribution is 8.19. The summed E-state index contributed by atoms with van der Waals surface area (Å²) in [5, 5.41) is 0.520. The van der Waals surface area contributed by atoms with Gasteiger partial charge in [0.05, 0.1) is 23.4 Å². The fourth-order valence-electron chi connectivity index (χ4n) is 4.30. The number of allylic oxidation sites excluding steroid dienone is 1. The molecule has 5 rings (SSSR count). The number of thioether (sulfide) groups is 1. The molecule has 0 spiro atoms. The summed E-state index contributed by atoms with van der Waals surface area (Å²) in [7, 11) is -2.70. The summed E-state index contributed by atoms with van der Waals surface area (Å²) in [6.07, 6.45) is 3.70. The number of anilines is 1. The average Bonchev–Trinajstić information content (AvgIpc) is 3.29. The summed E-state index contributed by atoms with van der Waals surface area (Å²) in [5.41, 5.74) is 3.52. The van der Waals surface area contributed by atoms with E-state index in [9.17, 15) is 13.2 Å². The molecular formula is C33H28N2O5S2. The fraction of sp³-hybridized carbons (Fsp3) is 0.0909. The zero-order valence-electron chi connectivity index (χ0n) is 23.1. The predicted molar refractivity (Wildman–Crippen MR) is 169 cm³/mol. The fourth-order valence-corrected chi connectivity index (χ4v) is 6.28. The van der Waals surface area contributed by atoms with Gasteiger partial charge in [0.2, 0.25) is 0 Å². The van der Waals surface area contributed by atoms with Crippen LogP contribution in [-0.4, -0.2) is 26.6 Å². The van der Waals surface area contributed by atoms with Crippen molar-refractivity contribution in [1.29, 1.82) is 0 Å². The van der Waals surface area contributed by atoms with Crippen molar-refractivity contribution in [3.8, 4) is 11.5 Å². The zero-order valence-corrected chi connectivity index (χ0v) is 24.7. The highest BCUT2D eigenvalue weighted by Crippen LogP contribution is 2.40. The van der Waals surface area contributed by atoms with Crippen LogP contribution in [0.1, 0.15) is 16.7 Å². The number of amides is 1. The summed E-state index contributed by atoms with van der Waals surface area (Å²) in [6.45, 7) is 5.69. The minimum absolute atomic E-state index is 0.0325. The molecule has 1 heterocycles. The van der Waals surface area contributed by atoms with Gasteiger partial charge in [-0.25, -0.2) is 4.99 Å². The van der Waals surface area contributed by atoms with Crippen molar-refractivity contribution < 1.29 is 22.1 Å². The van der Waals surface area contributed by atoms with E-state index in [1.807, 2.05) is 67.6 Å². The molecule has 1 aliphatic heterocycles. The first-order valence-corrected chi connectivity index (χ1v) is 15.3. The molecule has 0 aliphatic carbocycles. The van der Waals surface area contributed by atoms with Gasteiger partial charge in [-0.3, -0.25) is 9.69 Å². The molecular weight excluding hydrogens is 569 g/mol. The summed E-state index contributed by atoms with van der Waals surface area (Å²) in [5.74, 6) is 0.0561. The van der Waals surface area contributed by atoms with E-state index in [2.05, 4.69) is 6.58 Å². The van der Waals surface area contributed by atoms with Crippen LogP contribution in [0.2, 0.25) is 0 Å². The largest absolute Gasteiger partial charge is 0.493 e. The third kappa shape index (κ3) is 6.32. The molecule has 0 atom stereocenters. The Kier molecular flexibility index (Phi) is 8.61. The second kappa shape index (κ2) is 12.5. The van der Waals surface area contributed by atoms with Gasteiger partial charge in [-0.15, -0.1) is 6.58 Å². The predicted octanol–water partition coefficient (Wildman–Crippen LogP) is 7.31. The van der Waals surface area contributed by atoms with Crippen molar-refractivity contribution in [2.45, 2.75) is 18.2 Å². The van der Waals surface area contributed by atoms with Crippen LogP contribution in [0, 0.1) is 6.92 Å². The molecule has 0 aromatic heterocycles. The van der Waals surface area contributed by atoms with E-state index in [1.54, 1.807) is 41.3 Å². The highest BCUT2D eigenvalue weighted by Gasteiger charge is 2.35. The van der Waals surface area contributed by atoms with Gasteiger partial charge in [-0.1, -0.05) is 60.2 Å². The highest BCUT2D eigenvalue weighted by atomic mass is 32.2. The molecule has 1 amide bonds. The number of methoxy groups -OCH3 is 1. The van der Waals surface area contributed by atoms with E-state index < -0.39 is 10.1 Å². The topological polar surface area (TPSA) is 85.3 Å². The molecule has 9 heteroatoms. The van der Waals surface area contributed by atoms with Gasteiger partial charge in [-0.05, 0) is 85.3 Å². The van der Waals surface area contributed by atoms with Gasteiger partial charge in [-0.2, -0.15) is 8.42 Å². The van der Waals surface area contributed by atoms with Crippen LogP contribution in [-0.2, 0) is 21.3 Å². The van der Waals surface area contributed by atoms with Crippen molar-refractivity contribution in [1.82, 2.24) is 0 Å². The SMILES string of the molecule is C=CCc1cc(/C=C2/SC(=Nc3ccccc3)N(c3ccccc3)C2=O)cc(OC)c1OS(=O)(=O)c1ccc(C)cc1. The number of ether oxygens (including phenoxy) is 1. The summed E-state index contributed by atoms with van der Waals surface area (Å²) in [6, 6.07) is 28.6. The Morgan fingerprint density at radius 3 is 2.26 bits per heavy atom. The lowest BCUT2D eigenvalue weighted by Gasteiger charge is -2.16. The van der Waals surface area contributed by atoms with Gasteiger partial charge in [0.15, 0.2) is 16.7 Å². The Labute approximate surface area is 250 Å². The lowest BCUT2D eigenvalue weighted by Crippen LogP contribution is -2.28. The monoisotopic (exact) mass is 596 g/mol. The number of aryl methyl sites for hydroxylation is 1. The number of aliphatic imine (C=N–C) groups is 1. The second-order valence-electron chi connectivity index (χ2n) is 9.37. The number of rotatable bonds is 9. The third-order valence-corrected chi connectivity index (χ3v) is 8.54. The standard InChI is InChI=1S/C33H28N2O5S2/c1-4-11-25-20-24(21-29(39-3)31(25)40-42(37,38)28-18-16-23(2)17-19-28)22-30-32(36)35(27-14-9-6-10-15-27)33(41-30)34-26-12-7-5-8-13-26/h4-10,12-22H,1,11H2,2-3H3/b30-22+,34-33?. The normalized spacial score (nSPS) is 15.3. The Bertz CT molecular complexity index is 1780. The van der Waals surface area contributed by atoms with E-state index >= 15 is 0 Å². The van der Waals surface area contributed by atoms with E-state index in [4.69, 9.17) is 13.9 Å². The first-order chi connectivity index (χ1) is 20.3. The molecule has 4 aromatic carbocycles. The Morgan fingerprint density at radius 1 is 0.952 bits per heavy atom. The number of hydrogen-bond acceptors (Lipinski definition) is 7. The van der Waals surface area contributed by atoms with E-state index in [0.717, 1.165) is 11.3 Å². The number of para-hydroxylation sites is 2. The van der Waals surface area contributed by atoms with Crippen molar-refractivity contribution in [3.05, 3.63) is 131 Å². The van der Waals surface area contributed by atoms with Crippen LogP contribution in [0.15, 0.2) is 125 Å². The van der Waals surface area contributed by atoms with E-state index in [-0.39, 0.29) is 22.3 Å². The van der Waals surface area contributed by atoms with E-state index in [0.29, 0.717) is 33.3 Å². The Morgan fingerprint density at radius 2 is 1.62 bits per heavy atom. The van der Waals surface area contributed by atoms with Crippen molar-refractivity contribution >= 4 is 50.4 Å². The number of carbonyl (C=O) groups excluding carboxylic acids is 1. The maximum Gasteiger partial charge on any atom is 0.339 e. The lowest BCUT2D eigenvalue weighted by molar-refractivity contribution is -0.113. The molecule has 0 N–H and O–H groups in total. The van der Waals surface area contributed by atoms with Crippen LogP contribution >= 0.6 is 11.8 Å². The molecule has 0 unspecified atom stereocenters. The molecule has 4 aromatic rings. The zero-order chi connectivity index (χ0) is 29.7. The van der Waals surface area contributed by atoms with Crippen molar-refractivity contribution in [2.24, 2.45) is 4.99 Å². The summed E-state index contributed by atoms with van der Waals surface area (Å²) < 4.78 is 37.4. The number of nitrogens with zero attached hydrogens (tertiary/aromatic N) is 2. The molecule has 1 fully saturated rings. The minimum Gasteiger partial charge on any atom is -0.493 e. The Balaban J connectivity index is 1.55. The van der Waals surface area contributed by atoms with Gasteiger partial charge in [0.1, 0.15) is 4.90 Å². The van der Waals surface area contributed by atoms with E-state index in [1.165, 1.54) is 31.0 Å². The molecule has 0 radical (unpaired) electrons. The van der Waals surface area contributed by atoms with Crippen LogP contribution in [0.4, 0.5) is 11.4 Å². The average molecular weight is 597 g/mol. The van der Waals surface area contributed by atoms with Gasteiger partial charge in [0, 0.05) is 5.56 Å². The maximum atomic E-state index is 13.7. The molecule has 1 saturated heterocycles. The quantitative estimate of drug-likeness (QED) is 0.114. The van der Waals surface area contributed by atoms with Gasteiger partial charge >= 0.3 is 10.1 Å². The summed E-state index contributed by atoms with van der Waals surface area (Å²) >= 11 is 1.26.